The van der Waals surface area contributed by atoms with E-state index in [1.807, 2.05) is 6.08 Å². The second-order valence-corrected chi connectivity index (χ2v) is 3.30. The predicted octanol–water partition coefficient (Wildman–Crippen LogP) is 3.34. The van der Waals surface area contributed by atoms with E-state index in [2.05, 4.69) is 39.5 Å². The zero-order valence-corrected chi connectivity index (χ0v) is 8.15. The molecule has 0 N–H and O–H groups in total. The Kier molecular flexibility index (Phi) is 2.69. The fraction of sp³-hybridized carbons (Fsp3) is 0.333. The summed E-state index contributed by atoms with van der Waals surface area (Å²) in [6, 6.07) is 4.36. The first-order chi connectivity index (χ1) is 5.66. The van der Waals surface area contributed by atoms with E-state index in [1.165, 1.54) is 22.3 Å². The number of aryl methyl sites for hydroxylation is 2. The molecule has 0 amide bonds. The number of rotatable bonds is 2. The van der Waals surface area contributed by atoms with Crippen molar-refractivity contribution in [1.82, 2.24) is 0 Å². The molecule has 0 radical (unpaired) electrons. The Morgan fingerprint density at radius 3 is 2.33 bits per heavy atom. The van der Waals surface area contributed by atoms with Gasteiger partial charge in [-0.2, -0.15) is 0 Å². The number of allylic oxidation sites excluding steroid dienone is 1. The topological polar surface area (TPSA) is 0 Å². The van der Waals surface area contributed by atoms with Gasteiger partial charge in [0.2, 0.25) is 0 Å². The Hall–Kier alpha value is -1.04. The molecule has 0 atom stereocenters. The lowest BCUT2D eigenvalue weighted by Gasteiger charge is -2.09. The fourth-order valence-electron chi connectivity index (χ4n) is 1.47. The standard InChI is InChI=1S/C12H16/c1-5-6-12-10(3)8-7-9(2)11(12)4/h5,7-8H,1,6H2,2-4H3. The van der Waals surface area contributed by atoms with Crippen LogP contribution in [-0.2, 0) is 6.42 Å². The lowest BCUT2D eigenvalue weighted by Crippen LogP contribution is -1.94. The van der Waals surface area contributed by atoms with Crippen molar-refractivity contribution in [2.45, 2.75) is 27.2 Å². The molecule has 0 fully saturated rings. The van der Waals surface area contributed by atoms with Crippen molar-refractivity contribution in [3.8, 4) is 0 Å². The van der Waals surface area contributed by atoms with E-state index in [1.54, 1.807) is 0 Å². The highest BCUT2D eigenvalue weighted by atomic mass is 14.1. The third kappa shape index (κ3) is 1.58. The Labute approximate surface area is 74.9 Å². The van der Waals surface area contributed by atoms with Crippen LogP contribution in [0.15, 0.2) is 24.8 Å². The van der Waals surface area contributed by atoms with Crippen molar-refractivity contribution in [3.05, 3.63) is 47.0 Å². The Morgan fingerprint density at radius 1 is 1.17 bits per heavy atom. The number of hydrogen-bond acceptors (Lipinski definition) is 0. The molecule has 0 nitrogen and oxygen atoms in total. The van der Waals surface area contributed by atoms with Gasteiger partial charge in [-0.15, -0.1) is 6.58 Å². The van der Waals surface area contributed by atoms with Gasteiger partial charge in [-0.1, -0.05) is 18.2 Å². The van der Waals surface area contributed by atoms with Gasteiger partial charge in [-0.3, -0.25) is 0 Å². The molecule has 1 aromatic carbocycles. The van der Waals surface area contributed by atoms with Crippen molar-refractivity contribution in [2.75, 3.05) is 0 Å². The smallest absolute Gasteiger partial charge is 0.00948 e. The molecule has 0 heterocycles. The summed E-state index contributed by atoms with van der Waals surface area (Å²) >= 11 is 0. The molecule has 0 unspecified atom stereocenters. The van der Waals surface area contributed by atoms with Crippen LogP contribution in [0.2, 0.25) is 0 Å². The lowest BCUT2D eigenvalue weighted by atomic mass is 9.96. The van der Waals surface area contributed by atoms with Gasteiger partial charge in [0.25, 0.3) is 0 Å². The van der Waals surface area contributed by atoms with Crippen LogP contribution >= 0.6 is 0 Å². The molecule has 0 aromatic heterocycles. The highest BCUT2D eigenvalue weighted by Crippen LogP contribution is 2.17. The highest BCUT2D eigenvalue weighted by Gasteiger charge is 2.01. The first-order valence-electron chi connectivity index (χ1n) is 4.33. The van der Waals surface area contributed by atoms with Crippen LogP contribution in [0, 0.1) is 20.8 Å². The molecular weight excluding hydrogens is 144 g/mol. The van der Waals surface area contributed by atoms with Crippen molar-refractivity contribution in [1.29, 1.82) is 0 Å². The normalized spacial score (nSPS) is 9.92. The molecule has 0 aliphatic carbocycles. The quantitative estimate of drug-likeness (QED) is 0.582. The molecule has 0 saturated heterocycles. The molecule has 1 aromatic rings. The summed E-state index contributed by atoms with van der Waals surface area (Å²) in [5.74, 6) is 0. The average molecular weight is 160 g/mol. The molecule has 0 heteroatoms. The monoisotopic (exact) mass is 160 g/mol. The van der Waals surface area contributed by atoms with E-state index in [0.29, 0.717) is 0 Å². The van der Waals surface area contributed by atoms with E-state index >= 15 is 0 Å². The van der Waals surface area contributed by atoms with Gasteiger partial charge in [-0.25, -0.2) is 0 Å². The summed E-state index contributed by atoms with van der Waals surface area (Å²) in [5, 5.41) is 0. The van der Waals surface area contributed by atoms with Gasteiger partial charge in [-0.05, 0) is 49.4 Å². The van der Waals surface area contributed by atoms with Crippen molar-refractivity contribution < 1.29 is 0 Å². The molecule has 64 valence electrons. The van der Waals surface area contributed by atoms with Crippen LogP contribution < -0.4 is 0 Å². The molecular formula is C12H16. The summed E-state index contributed by atoms with van der Waals surface area (Å²) < 4.78 is 0. The summed E-state index contributed by atoms with van der Waals surface area (Å²) in [6.45, 7) is 10.3. The molecule has 0 spiro atoms. The third-order valence-electron chi connectivity index (χ3n) is 2.45. The second kappa shape index (κ2) is 3.57. The zero-order valence-electron chi connectivity index (χ0n) is 8.15. The van der Waals surface area contributed by atoms with Gasteiger partial charge >= 0.3 is 0 Å². The maximum absolute atomic E-state index is 3.77. The van der Waals surface area contributed by atoms with Gasteiger partial charge in [0, 0.05) is 0 Å². The van der Waals surface area contributed by atoms with Gasteiger partial charge in [0.05, 0.1) is 0 Å². The average Bonchev–Trinajstić information content (AvgIpc) is 2.06. The SMILES string of the molecule is C=CCc1c(C)ccc(C)c1C. The van der Waals surface area contributed by atoms with Gasteiger partial charge in [0.15, 0.2) is 0 Å². The lowest BCUT2D eigenvalue weighted by molar-refractivity contribution is 1.14. The first-order valence-corrected chi connectivity index (χ1v) is 4.33. The summed E-state index contributed by atoms with van der Waals surface area (Å²) in [6.07, 6.45) is 2.95. The van der Waals surface area contributed by atoms with Crippen LogP contribution in [0.3, 0.4) is 0 Å². The van der Waals surface area contributed by atoms with E-state index in [0.717, 1.165) is 6.42 Å². The molecule has 12 heavy (non-hydrogen) atoms. The van der Waals surface area contributed by atoms with E-state index < -0.39 is 0 Å². The van der Waals surface area contributed by atoms with E-state index in [9.17, 15) is 0 Å². The van der Waals surface area contributed by atoms with Gasteiger partial charge in [0.1, 0.15) is 0 Å². The first kappa shape index (κ1) is 9.05. The molecule has 0 saturated carbocycles. The van der Waals surface area contributed by atoms with Crippen molar-refractivity contribution in [2.24, 2.45) is 0 Å². The minimum Gasteiger partial charge on any atom is -0.103 e. The van der Waals surface area contributed by atoms with Crippen LogP contribution in [-0.4, -0.2) is 0 Å². The van der Waals surface area contributed by atoms with Crippen LogP contribution in [0.5, 0.6) is 0 Å². The third-order valence-corrected chi connectivity index (χ3v) is 2.45. The minimum atomic E-state index is 0.985. The molecule has 1 rings (SSSR count). The Bertz CT molecular complexity index is 295. The number of hydrogen-bond donors (Lipinski definition) is 0. The van der Waals surface area contributed by atoms with Crippen LogP contribution in [0.4, 0.5) is 0 Å². The Balaban J connectivity index is 3.22. The maximum Gasteiger partial charge on any atom is -0.00948 e. The van der Waals surface area contributed by atoms with Crippen LogP contribution in [0.1, 0.15) is 22.3 Å². The summed E-state index contributed by atoms with van der Waals surface area (Å²) in [5.41, 5.74) is 5.59. The molecule has 0 bridgehead atoms. The van der Waals surface area contributed by atoms with Crippen molar-refractivity contribution in [3.63, 3.8) is 0 Å². The highest BCUT2D eigenvalue weighted by molar-refractivity contribution is 5.39. The maximum atomic E-state index is 3.77. The fourth-order valence-corrected chi connectivity index (χ4v) is 1.47. The molecule has 0 aliphatic heterocycles. The molecule has 0 aliphatic rings. The second-order valence-electron chi connectivity index (χ2n) is 3.30. The summed E-state index contributed by atoms with van der Waals surface area (Å²) in [7, 11) is 0. The van der Waals surface area contributed by atoms with Gasteiger partial charge < -0.3 is 0 Å². The van der Waals surface area contributed by atoms with Crippen LogP contribution in [0.25, 0.3) is 0 Å². The predicted molar refractivity (Wildman–Crippen MR) is 54.6 cm³/mol. The Morgan fingerprint density at radius 2 is 1.75 bits per heavy atom. The zero-order chi connectivity index (χ0) is 9.14. The summed E-state index contributed by atoms with van der Waals surface area (Å²) in [4.78, 5) is 0. The van der Waals surface area contributed by atoms with E-state index in [4.69, 9.17) is 0 Å². The van der Waals surface area contributed by atoms with E-state index in [-0.39, 0.29) is 0 Å². The number of benzene rings is 1. The minimum absolute atomic E-state index is 0.985. The largest absolute Gasteiger partial charge is 0.103 e. The van der Waals surface area contributed by atoms with Crippen molar-refractivity contribution >= 4 is 0 Å².